The van der Waals surface area contributed by atoms with Crippen molar-refractivity contribution in [2.45, 2.75) is 59.3 Å². The van der Waals surface area contributed by atoms with Crippen molar-refractivity contribution < 1.29 is 0 Å². The van der Waals surface area contributed by atoms with Crippen molar-refractivity contribution in [1.29, 1.82) is 0 Å². The largest absolute Gasteiger partial charge is 0.330 e. The first-order chi connectivity index (χ1) is 12.7. The molecule has 0 saturated carbocycles. The molecule has 0 saturated heterocycles. The lowest BCUT2D eigenvalue weighted by Gasteiger charge is -2.36. The van der Waals surface area contributed by atoms with Crippen LogP contribution in [-0.2, 0) is 0 Å². The molecule has 0 unspecified atom stereocenters. The minimum atomic E-state index is -1.67. The molecule has 0 spiro atoms. The van der Waals surface area contributed by atoms with E-state index in [9.17, 15) is 0 Å². The van der Waals surface area contributed by atoms with Gasteiger partial charge in [0, 0.05) is 11.6 Å². The van der Waals surface area contributed by atoms with Crippen molar-refractivity contribution in [2.75, 3.05) is 0 Å². The number of rotatable bonds is 5. The Balaban J connectivity index is 1.78. The Labute approximate surface area is 166 Å². The van der Waals surface area contributed by atoms with Crippen molar-refractivity contribution in [2.24, 2.45) is 0 Å². The Hall–Kier alpha value is -1.90. The summed E-state index contributed by atoms with van der Waals surface area (Å²) in [4.78, 5) is 4.05. The molecular formula is C25H33NSi. The molecule has 1 atom stereocenters. The summed E-state index contributed by atoms with van der Waals surface area (Å²) in [6, 6.07) is 20.0. The average Bonchev–Trinajstić information content (AvgIpc) is 2.85. The zero-order valence-corrected chi connectivity index (χ0v) is 18.9. The summed E-state index contributed by atoms with van der Waals surface area (Å²) in [5.74, 6) is 0. The predicted molar refractivity (Wildman–Crippen MR) is 121 cm³/mol. The normalized spacial score (nSPS) is 17.0. The second kappa shape index (κ2) is 7.61. The van der Waals surface area contributed by atoms with Gasteiger partial charge in [-0.25, -0.2) is 0 Å². The molecule has 2 aromatic carbocycles. The van der Waals surface area contributed by atoms with Crippen molar-refractivity contribution in [3.63, 3.8) is 0 Å². The van der Waals surface area contributed by atoms with Crippen LogP contribution in [0.2, 0.25) is 18.6 Å². The van der Waals surface area contributed by atoms with Crippen LogP contribution in [0.4, 0.5) is 0 Å². The van der Waals surface area contributed by atoms with Gasteiger partial charge in [-0.2, -0.15) is 0 Å². The minimum absolute atomic E-state index is 0.360. The Morgan fingerprint density at radius 2 is 1.22 bits per heavy atom. The van der Waals surface area contributed by atoms with E-state index in [1.54, 1.807) is 11.1 Å². The SMILES string of the molecule is CC1=C(C)C([Si](C)(C)N[C@H](C)c2ccc(-c3ccccc3)cc2)C(C)=C1C. The summed E-state index contributed by atoms with van der Waals surface area (Å²) in [5.41, 5.74) is 10.7. The van der Waals surface area contributed by atoms with Crippen LogP contribution in [0.3, 0.4) is 0 Å². The van der Waals surface area contributed by atoms with Crippen LogP contribution in [0.1, 0.15) is 46.2 Å². The first-order valence-corrected chi connectivity index (χ1v) is 13.1. The Morgan fingerprint density at radius 3 is 1.74 bits per heavy atom. The van der Waals surface area contributed by atoms with Crippen LogP contribution in [0, 0.1) is 0 Å². The summed E-state index contributed by atoms with van der Waals surface area (Å²) in [6.07, 6.45) is 0. The lowest BCUT2D eigenvalue weighted by Crippen LogP contribution is -2.50. The molecule has 1 N–H and O–H groups in total. The molecule has 1 aliphatic rings. The maximum absolute atomic E-state index is 4.05. The van der Waals surface area contributed by atoms with E-state index in [2.05, 4.69) is 107 Å². The Morgan fingerprint density at radius 1 is 0.741 bits per heavy atom. The van der Waals surface area contributed by atoms with E-state index in [-0.39, 0.29) is 0 Å². The van der Waals surface area contributed by atoms with Crippen LogP contribution < -0.4 is 4.98 Å². The van der Waals surface area contributed by atoms with Gasteiger partial charge in [0.2, 0.25) is 0 Å². The van der Waals surface area contributed by atoms with E-state index in [0.717, 1.165) is 0 Å². The fourth-order valence-corrected chi connectivity index (χ4v) is 8.80. The van der Waals surface area contributed by atoms with Crippen LogP contribution in [0.5, 0.6) is 0 Å². The van der Waals surface area contributed by atoms with Gasteiger partial charge in [0.25, 0.3) is 0 Å². The van der Waals surface area contributed by atoms with Gasteiger partial charge in [0.05, 0.1) is 0 Å². The molecule has 0 bridgehead atoms. The lowest BCUT2D eigenvalue weighted by molar-refractivity contribution is 0.706. The first-order valence-electron chi connectivity index (χ1n) is 10.0. The second-order valence-electron chi connectivity index (χ2n) is 8.62. The number of hydrogen-bond acceptors (Lipinski definition) is 1. The van der Waals surface area contributed by atoms with Crippen LogP contribution >= 0.6 is 0 Å². The topological polar surface area (TPSA) is 12.0 Å². The van der Waals surface area contributed by atoms with Gasteiger partial charge in [0.15, 0.2) is 0 Å². The van der Waals surface area contributed by atoms with Crippen molar-refractivity contribution >= 4 is 8.24 Å². The summed E-state index contributed by atoms with van der Waals surface area (Å²) in [7, 11) is -1.67. The van der Waals surface area contributed by atoms with Crippen LogP contribution in [0.25, 0.3) is 11.1 Å². The molecule has 142 valence electrons. The zero-order chi connectivity index (χ0) is 19.8. The highest BCUT2D eigenvalue weighted by Gasteiger charge is 2.39. The van der Waals surface area contributed by atoms with Gasteiger partial charge < -0.3 is 4.98 Å². The molecule has 0 aliphatic heterocycles. The summed E-state index contributed by atoms with van der Waals surface area (Å²) < 4.78 is 0. The van der Waals surface area contributed by atoms with Gasteiger partial charge in [-0.15, -0.1) is 0 Å². The lowest BCUT2D eigenvalue weighted by atomic mass is 10.0. The molecule has 2 aromatic rings. The van der Waals surface area contributed by atoms with Gasteiger partial charge in [0.1, 0.15) is 8.24 Å². The third-order valence-electron chi connectivity index (χ3n) is 6.44. The van der Waals surface area contributed by atoms with Crippen molar-refractivity contribution in [3.05, 3.63) is 82.5 Å². The van der Waals surface area contributed by atoms with Crippen LogP contribution in [0.15, 0.2) is 76.9 Å². The van der Waals surface area contributed by atoms with E-state index in [4.69, 9.17) is 0 Å². The number of allylic oxidation sites excluding steroid dienone is 4. The average molecular weight is 376 g/mol. The monoisotopic (exact) mass is 375 g/mol. The van der Waals surface area contributed by atoms with Gasteiger partial charge in [-0.05, 0) is 62.5 Å². The number of benzene rings is 2. The molecule has 0 aromatic heterocycles. The Kier molecular flexibility index (Phi) is 5.59. The summed E-state index contributed by atoms with van der Waals surface area (Å²) in [6.45, 7) is 16.5. The molecule has 0 radical (unpaired) electrons. The molecule has 0 heterocycles. The second-order valence-corrected chi connectivity index (χ2v) is 12.9. The fraction of sp³-hybridized carbons (Fsp3) is 0.360. The maximum atomic E-state index is 4.05. The third-order valence-corrected chi connectivity index (χ3v) is 9.93. The highest BCUT2D eigenvalue weighted by molar-refractivity contribution is 6.78. The van der Waals surface area contributed by atoms with E-state index < -0.39 is 8.24 Å². The predicted octanol–water partition coefficient (Wildman–Crippen LogP) is 7.27. The molecule has 27 heavy (non-hydrogen) atoms. The molecule has 1 nitrogen and oxygen atoms in total. The van der Waals surface area contributed by atoms with E-state index in [1.165, 1.54) is 27.8 Å². The zero-order valence-electron chi connectivity index (χ0n) is 17.9. The maximum Gasteiger partial charge on any atom is 0.131 e. The minimum Gasteiger partial charge on any atom is -0.330 e. The smallest absolute Gasteiger partial charge is 0.131 e. The fourth-order valence-electron chi connectivity index (χ4n) is 4.75. The highest BCUT2D eigenvalue weighted by atomic mass is 28.3. The standard InChI is InChI=1S/C25H33NSi/c1-17-18(2)20(4)25(19(17)3)27(6,7)26-21(5)22-13-15-24(16-14-22)23-11-9-8-10-12-23/h8-16,21,25-26H,1-7H3/t21-/m1/s1. The van der Waals surface area contributed by atoms with E-state index in [1.807, 2.05) is 0 Å². The van der Waals surface area contributed by atoms with Crippen molar-refractivity contribution in [3.8, 4) is 11.1 Å². The molecular weight excluding hydrogens is 342 g/mol. The number of hydrogen-bond donors (Lipinski definition) is 1. The Bertz CT molecular complexity index is 848. The third kappa shape index (κ3) is 3.88. The molecule has 3 rings (SSSR count). The first kappa shape index (κ1) is 19.8. The molecule has 1 aliphatic carbocycles. The quantitative estimate of drug-likeness (QED) is 0.542. The molecule has 0 fully saturated rings. The molecule has 0 amide bonds. The van der Waals surface area contributed by atoms with E-state index in [0.29, 0.717) is 11.6 Å². The number of nitrogens with one attached hydrogen (secondary N) is 1. The van der Waals surface area contributed by atoms with Crippen LogP contribution in [-0.4, -0.2) is 8.24 Å². The van der Waals surface area contributed by atoms with Gasteiger partial charge in [-0.1, -0.05) is 78.8 Å². The summed E-state index contributed by atoms with van der Waals surface area (Å²) >= 11 is 0. The van der Waals surface area contributed by atoms with Gasteiger partial charge >= 0.3 is 0 Å². The highest BCUT2D eigenvalue weighted by Crippen LogP contribution is 2.46. The van der Waals surface area contributed by atoms with E-state index >= 15 is 0 Å². The van der Waals surface area contributed by atoms with Gasteiger partial charge in [-0.3, -0.25) is 0 Å². The molecule has 2 heteroatoms. The van der Waals surface area contributed by atoms with Crippen molar-refractivity contribution in [1.82, 2.24) is 4.98 Å². The summed E-state index contributed by atoms with van der Waals surface area (Å²) in [5, 5.41) is 0.